The predicted molar refractivity (Wildman–Crippen MR) is 279 cm³/mol. The number of carbonyl (C=O) groups excluding carboxylic acids is 1. The zero-order valence-corrected chi connectivity index (χ0v) is 43.6. The van der Waals surface area contributed by atoms with Crippen molar-refractivity contribution < 1.29 is 37.3 Å². The van der Waals surface area contributed by atoms with E-state index in [1.807, 2.05) is 21.1 Å². The highest BCUT2D eigenvalue weighted by molar-refractivity contribution is 7.47. The van der Waals surface area contributed by atoms with Crippen molar-refractivity contribution >= 4 is 13.8 Å². The SMILES string of the molecule is CC/C=C\C/C=C\C/C=C\C/C=C\CCCCCCCCCCCOCC(COP(=O)(O)OCC[N+](C)(C)C)OC(=O)CCCCCCCC/C=C\C/C=C\C/C=C\CCCCCCC. The maximum Gasteiger partial charge on any atom is 0.472 e. The maximum absolute atomic E-state index is 12.8. The van der Waals surface area contributed by atoms with Gasteiger partial charge in [-0.1, -0.05) is 195 Å². The number of phosphoric acid groups is 1. The Kier molecular flexibility index (Phi) is 46.4. The zero-order valence-electron chi connectivity index (χ0n) is 42.7. The maximum atomic E-state index is 12.8. The van der Waals surface area contributed by atoms with E-state index in [-0.39, 0.29) is 25.8 Å². The first kappa shape index (κ1) is 62.7. The number of nitrogens with zero attached hydrogens (tertiary/aromatic N) is 1. The quantitative estimate of drug-likeness (QED) is 0.0214. The molecule has 0 aromatic carbocycles. The molecule has 0 radical (unpaired) electrons. The Balaban J connectivity index is 4.19. The normalized spacial score (nSPS) is 14.2. The molecule has 0 amide bonds. The summed E-state index contributed by atoms with van der Waals surface area (Å²) < 4.78 is 35.2. The van der Waals surface area contributed by atoms with E-state index in [0.717, 1.165) is 83.5 Å². The van der Waals surface area contributed by atoms with Crippen LogP contribution in [0.3, 0.4) is 0 Å². The number of allylic oxidation sites excluding steroid dienone is 14. The first-order valence-corrected chi connectivity index (χ1v) is 27.8. The van der Waals surface area contributed by atoms with Crippen molar-refractivity contribution in [3.8, 4) is 0 Å². The van der Waals surface area contributed by atoms with Gasteiger partial charge in [0, 0.05) is 13.0 Å². The summed E-state index contributed by atoms with van der Waals surface area (Å²) in [7, 11) is 1.64. The summed E-state index contributed by atoms with van der Waals surface area (Å²) in [5, 5.41) is 0. The molecule has 2 atom stereocenters. The number of ether oxygens (including phenoxy) is 2. The van der Waals surface area contributed by atoms with E-state index in [1.54, 1.807) is 0 Å². The standard InChI is InChI=1S/C56H100NO7P/c1-6-8-10-12-14-16-18-20-22-24-26-28-30-32-34-36-38-40-42-44-46-48-51-61-53-55(54-63-65(59,60)62-52-50-57(3,4)5)64-56(58)49-47-45-43-41-39-37-35-33-31-29-27-25-23-21-19-17-15-13-11-9-7-2/h8,10,14,16,19-22,25-28,31,33,55H,6-7,9,11-13,15,17-18,23-24,29-30,32,34-54H2,1-5H3/p+1/b10-8-,16-14-,21-19-,22-20-,27-25-,28-26-,33-31-. The summed E-state index contributed by atoms with van der Waals surface area (Å²) >= 11 is 0. The van der Waals surface area contributed by atoms with Gasteiger partial charge >= 0.3 is 13.8 Å². The number of hydrogen-bond donors (Lipinski definition) is 1. The number of hydrogen-bond acceptors (Lipinski definition) is 6. The third-order valence-electron chi connectivity index (χ3n) is 10.9. The molecule has 0 fully saturated rings. The van der Waals surface area contributed by atoms with Crippen LogP contribution in [0.25, 0.3) is 0 Å². The Bertz CT molecular complexity index is 1310. The minimum atomic E-state index is -4.29. The van der Waals surface area contributed by atoms with Crippen molar-refractivity contribution in [1.29, 1.82) is 0 Å². The van der Waals surface area contributed by atoms with Crippen molar-refractivity contribution in [2.24, 2.45) is 0 Å². The lowest BCUT2D eigenvalue weighted by atomic mass is 10.1. The van der Waals surface area contributed by atoms with Crippen molar-refractivity contribution in [3.63, 3.8) is 0 Å². The molecule has 0 bridgehead atoms. The lowest BCUT2D eigenvalue weighted by Crippen LogP contribution is -2.37. The fourth-order valence-corrected chi connectivity index (χ4v) is 7.65. The fraction of sp³-hybridized carbons (Fsp3) is 0.732. The molecule has 0 aliphatic rings. The van der Waals surface area contributed by atoms with E-state index < -0.39 is 13.9 Å². The van der Waals surface area contributed by atoms with Crippen LogP contribution < -0.4 is 0 Å². The number of phosphoric ester groups is 1. The molecule has 2 unspecified atom stereocenters. The number of rotatable bonds is 48. The summed E-state index contributed by atoms with van der Waals surface area (Å²) in [5.74, 6) is -0.330. The third kappa shape index (κ3) is 52.5. The van der Waals surface area contributed by atoms with Crippen LogP contribution in [0.15, 0.2) is 85.1 Å². The fourth-order valence-electron chi connectivity index (χ4n) is 6.90. The van der Waals surface area contributed by atoms with Crippen molar-refractivity contribution in [2.75, 3.05) is 54.1 Å². The Labute approximate surface area is 401 Å². The van der Waals surface area contributed by atoms with Crippen LogP contribution in [0.2, 0.25) is 0 Å². The third-order valence-corrected chi connectivity index (χ3v) is 11.9. The monoisotopic (exact) mass is 931 g/mol. The topological polar surface area (TPSA) is 91.3 Å². The van der Waals surface area contributed by atoms with Gasteiger partial charge in [0.2, 0.25) is 0 Å². The Morgan fingerprint density at radius 3 is 1.34 bits per heavy atom. The van der Waals surface area contributed by atoms with Gasteiger partial charge in [0.15, 0.2) is 0 Å². The summed E-state index contributed by atoms with van der Waals surface area (Å²) in [4.78, 5) is 23.0. The molecule has 65 heavy (non-hydrogen) atoms. The molecule has 9 heteroatoms. The highest BCUT2D eigenvalue weighted by Crippen LogP contribution is 2.43. The van der Waals surface area contributed by atoms with Gasteiger partial charge in [-0.15, -0.1) is 0 Å². The molecule has 0 aliphatic carbocycles. The van der Waals surface area contributed by atoms with Gasteiger partial charge in [0.05, 0.1) is 34.4 Å². The predicted octanol–water partition coefficient (Wildman–Crippen LogP) is 16.4. The van der Waals surface area contributed by atoms with Crippen LogP contribution in [0.5, 0.6) is 0 Å². The average Bonchev–Trinajstić information content (AvgIpc) is 3.27. The molecular weight excluding hydrogens is 830 g/mol. The Hall–Kier alpha value is -2.32. The number of carbonyl (C=O) groups is 1. The molecular formula is C56H101NO7P+. The van der Waals surface area contributed by atoms with Crippen molar-refractivity contribution in [3.05, 3.63) is 85.1 Å². The second-order valence-corrected chi connectivity index (χ2v) is 20.0. The van der Waals surface area contributed by atoms with E-state index >= 15 is 0 Å². The zero-order chi connectivity index (χ0) is 47.6. The molecule has 376 valence electrons. The summed E-state index contributed by atoms with van der Waals surface area (Å²) in [6.07, 6.45) is 64.8. The van der Waals surface area contributed by atoms with Crippen LogP contribution in [0, 0.1) is 0 Å². The second-order valence-electron chi connectivity index (χ2n) is 18.5. The van der Waals surface area contributed by atoms with Crippen molar-refractivity contribution in [1.82, 2.24) is 0 Å². The van der Waals surface area contributed by atoms with Crippen LogP contribution in [-0.2, 0) is 27.9 Å². The van der Waals surface area contributed by atoms with Gasteiger partial charge in [-0.2, -0.15) is 0 Å². The van der Waals surface area contributed by atoms with Gasteiger partial charge in [-0.05, 0) is 89.9 Å². The lowest BCUT2D eigenvalue weighted by molar-refractivity contribution is -0.870. The highest BCUT2D eigenvalue weighted by atomic mass is 31.2. The van der Waals surface area contributed by atoms with Crippen molar-refractivity contribution in [2.45, 2.75) is 213 Å². The molecule has 0 aliphatic heterocycles. The lowest BCUT2D eigenvalue weighted by Gasteiger charge is -2.24. The molecule has 0 rings (SSSR count). The summed E-state index contributed by atoms with van der Waals surface area (Å²) in [6.45, 7) is 5.46. The number of likely N-dealkylation sites (N-methyl/N-ethyl adjacent to an activating group) is 1. The molecule has 0 aromatic heterocycles. The smallest absolute Gasteiger partial charge is 0.457 e. The van der Waals surface area contributed by atoms with E-state index in [0.29, 0.717) is 24.1 Å². The van der Waals surface area contributed by atoms with E-state index in [9.17, 15) is 14.3 Å². The second kappa shape index (κ2) is 48.1. The van der Waals surface area contributed by atoms with E-state index in [1.165, 1.54) is 103 Å². The molecule has 0 spiro atoms. The minimum absolute atomic E-state index is 0.0802. The van der Waals surface area contributed by atoms with Gasteiger partial charge in [0.1, 0.15) is 19.3 Å². The van der Waals surface area contributed by atoms with Crippen LogP contribution in [0.1, 0.15) is 206 Å². The number of quaternary nitrogens is 1. The van der Waals surface area contributed by atoms with Gasteiger partial charge in [0.25, 0.3) is 0 Å². The first-order valence-electron chi connectivity index (χ1n) is 26.3. The molecule has 0 aromatic rings. The number of unbranched alkanes of at least 4 members (excludes halogenated alkanes) is 20. The minimum Gasteiger partial charge on any atom is -0.457 e. The first-order chi connectivity index (χ1) is 31.6. The van der Waals surface area contributed by atoms with Crippen LogP contribution in [0.4, 0.5) is 0 Å². The van der Waals surface area contributed by atoms with Gasteiger partial charge < -0.3 is 18.9 Å². The van der Waals surface area contributed by atoms with E-state index in [4.69, 9.17) is 18.5 Å². The van der Waals surface area contributed by atoms with E-state index in [2.05, 4.69) is 98.9 Å². The molecule has 0 saturated carbocycles. The Morgan fingerprint density at radius 2 is 0.892 bits per heavy atom. The average molecular weight is 931 g/mol. The van der Waals surface area contributed by atoms with Gasteiger partial charge in [-0.25, -0.2) is 4.57 Å². The molecule has 1 N–H and O–H groups in total. The van der Waals surface area contributed by atoms with Crippen LogP contribution >= 0.6 is 7.82 Å². The largest absolute Gasteiger partial charge is 0.472 e. The number of esters is 1. The Morgan fingerprint density at radius 1 is 0.492 bits per heavy atom. The van der Waals surface area contributed by atoms with Gasteiger partial charge in [-0.3, -0.25) is 13.8 Å². The van der Waals surface area contributed by atoms with Crippen LogP contribution in [-0.4, -0.2) is 75.6 Å². The molecule has 0 saturated heterocycles. The highest BCUT2D eigenvalue weighted by Gasteiger charge is 2.26. The summed E-state index contributed by atoms with van der Waals surface area (Å²) in [6, 6.07) is 0. The summed E-state index contributed by atoms with van der Waals surface area (Å²) in [5.41, 5.74) is 0. The molecule has 0 heterocycles. The molecule has 8 nitrogen and oxygen atoms in total.